The Morgan fingerprint density at radius 1 is 1.25 bits per heavy atom. The van der Waals surface area contributed by atoms with E-state index in [9.17, 15) is 23.4 Å². The summed E-state index contributed by atoms with van der Waals surface area (Å²) in [5.41, 5.74) is -1.41. The normalized spacial score (nSPS) is 20.1. The molecule has 1 fully saturated rings. The summed E-state index contributed by atoms with van der Waals surface area (Å²) in [6.07, 6.45) is -3.55. The topological polar surface area (TPSA) is 43.7 Å². The second-order valence-electron chi connectivity index (χ2n) is 5.36. The molecule has 0 unspecified atom stereocenters. The van der Waals surface area contributed by atoms with Gasteiger partial charge in [-0.2, -0.15) is 13.2 Å². The van der Waals surface area contributed by atoms with Crippen LogP contribution in [0.1, 0.15) is 29.5 Å². The van der Waals surface area contributed by atoms with Crippen molar-refractivity contribution in [3.05, 3.63) is 34.9 Å². The van der Waals surface area contributed by atoms with Crippen LogP contribution < -0.4 is 0 Å². The van der Waals surface area contributed by atoms with E-state index < -0.39 is 23.9 Å². The SMILES string of the molecule is CN1CCC(O)(c2ccc(C(F)(F)F)cc2CO)CC1. The molecule has 0 spiro atoms. The van der Waals surface area contributed by atoms with Crippen LogP contribution in [-0.4, -0.2) is 35.3 Å². The van der Waals surface area contributed by atoms with Gasteiger partial charge in [-0.1, -0.05) is 6.07 Å². The number of hydrogen-bond acceptors (Lipinski definition) is 3. The number of benzene rings is 1. The van der Waals surface area contributed by atoms with E-state index in [2.05, 4.69) is 4.90 Å². The summed E-state index contributed by atoms with van der Waals surface area (Å²) in [6.45, 7) is 0.822. The van der Waals surface area contributed by atoms with Crippen molar-refractivity contribution in [1.29, 1.82) is 0 Å². The standard InChI is InChI=1S/C14H18F3NO2/c1-18-6-4-13(20,5-7-18)12-3-2-11(14(15,16)17)8-10(12)9-19/h2-3,8,19-20H,4-7,9H2,1H3. The first-order valence-corrected chi connectivity index (χ1v) is 6.49. The molecule has 2 N–H and O–H groups in total. The van der Waals surface area contributed by atoms with Crippen molar-refractivity contribution in [2.75, 3.05) is 20.1 Å². The van der Waals surface area contributed by atoms with Gasteiger partial charge in [-0.15, -0.1) is 0 Å². The van der Waals surface area contributed by atoms with Crippen LogP contribution in [-0.2, 0) is 18.4 Å². The first kappa shape index (κ1) is 15.3. The predicted molar refractivity (Wildman–Crippen MR) is 68.0 cm³/mol. The molecule has 3 nitrogen and oxygen atoms in total. The fourth-order valence-corrected chi connectivity index (χ4v) is 2.61. The van der Waals surface area contributed by atoms with Gasteiger partial charge in [0.2, 0.25) is 0 Å². The van der Waals surface area contributed by atoms with Crippen molar-refractivity contribution in [3.8, 4) is 0 Å². The number of halogens is 3. The van der Waals surface area contributed by atoms with Gasteiger partial charge >= 0.3 is 6.18 Å². The van der Waals surface area contributed by atoms with Gasteiger partial charge in [0.25, 0.3) is 0 Å². The van der Waals surface area contributed by atoms with Gasteiger partial charge in [0.15, 0.2) is 0 Å². The van der Waals surface area contributed by atoms with E-state index >= 15 is 0 Å². The van der Waals surface area contributed by atoms with Gasteiger partial charge in [0.05, 0.1) is 17.8 Å². The maximum absolute atomic E-state index is 12.7. The molecule has 1 aliphatic rings. The predicted octanol–water partition coefficient (Wildman–Crippen LogP) is 2.11. The Morgan fingerprint density at radius 3 is 2.35 bits per heavy atom. The lowest BCUT2D eigenvalue weighted by atomic mass is 9.81. The largest absolute Gasteiger partial charge is 0.416 e. The van der Waals surface area contributed by atoms with Crippen LogP contribution in [0.4, 0.5) is 13.2 Å². The molecule has 0 saturated carbocycles. The van der Waals surface area contributed by atoms with Crippen LogP contribution >= 0.6 is 0 Å². The molecular formula is C14H18F3NO2. The zero-order valence-electron chi connectivity index (χ0n) is 11.2. The van der Waals surface area contributed by atoms with E-state index in [0.29, 0.717) is 31.5 Å². The van der Waals surface area contributed by atoms with E-state index in [-0.39, 0.29) is 5.56 Å². The highest BCUT2D eigenvalue weighted by Gasteiger charge is 2.37. The van der Waals surface area contributed by atoms with Crippen LogP contribution in [0, 0.1) is 0 Å². The lowest BCUT2D eigenvalue weighted by Gasteiger charge is -2.38. The molecule has 0 aliphatic carbocycles. The molecule has 0 aromatic heterocycles. The highest BCUT2D eigenvalue weighted by molar-refractivity contribution is 5.37. The van der Waals surface area contributed by atoms with Gasteiger partial charge in [-0.3, -0.25) is 0 Å². The highest BCUT2D eigenvalue weighted by Crippen LogP contribution is 2.37. The number of piperidine rings is 1. The summed E-state index contributed by atoms with van der Waals surface area (Å²) in [5, 5.41) is 20.0. The highest BCUT2D eigenvalue weighted by atomic mass is 19.4. The second kappa shape index (κ2) is 5.35. The third-order valence-corrected chi connectivity index (χ3v) is 3.92. The van der Waals surface area contributed by atoms with Gasteiger partial charge in [-0.05, 0) is 43.1 Å². The first-order valence-electron chi connectivity index (χ1n) is 6.49. The minimum absolute atomic E-state index is 0.145. The van der Waals surface area contributed by atoms with Crippen LogP contribution in [0.25, 0.3) is 0 Å². The van der Waals surface area contributed by atoms with E-state index in [0.717, 1.165) is 12.1 Å². The third kappa shape index (κ3) is 2.97. The van der Waals surface area contributed by atoms with Gasteiger partial charge < -0.3 is 15.1 Å². The smallest absolute Gasteiger partial charge is 0.392 e. The molecule has 1 saturated heterocycles. The van der Waals surface area contributed by atoms with Crippen LogP contribution in [0.2, 0.25) is 0 Å². The lowest BCUT2D eigenvalue weighted by Crippen LogP contribution is -2.41. The number of aliphatic hydroxyl groups excluding tert-OH is 1. The maximum Gasteiger partial charge on any atom is 0.416 e. The van der Waals surface area contributed by atoms with Crippen molar-refractivity contribution in [3.63, 3.8) is 0 Å². The van der Waals surface area contributed by atoms with Crippen molar-refractivity contribution in [2.24, 2.45) is 0 Å². The van der Waals surface area contributed by atoms with E-state index in [1.54, 1.807) is 0 Å². The summed E-state index contributed by atoms with van der Waals surface area (Å²) in [6, 6.07) is 3.18. The Kier molecular flexibility index (Phi) is 4.09. The molecule has 0 radical (unpaired) electrons. The molecule has 112 valence electrons. The number of likely N-dealkylation sites (tertiary alicyclic amines) is 1. The zero-order valence-corrected chi connectivity index (χ0v) is 11.2. The van der Waals surface area contributed by atoms with Crippen LogP contribution in [0.15, 0.2) is 18.2 Å². The quantitative estimate of drug-likeness (QED) is 0.876. The molecular weight excluding hydrogens is 271 g/mol. The Morgan fingerprint density at radius 2 is 1.85 bits per heavy atom. The average molecular weight is 289 g/mol. The molecule has 0 atom stereocenters. The van der Waals surface area contributed by atoms with Crippen molar-refractivity contribution < 1.29 is 23.4 Å². The summed E-state index contributed by atoms with van der Waals surface area (Å²) in [4.78, 5) is 2.05. The Balaban J connectivity index is 2.37. The van der Waals surface area contributed by atoms with E-state index in [1.807, 2.05) is 7.05 Å². The minimum atomic E-state index is -4.45. The average Bonchev–Trinajstić information content (AvgIpc) is 2.40. The molecule has 2 rings (SSSR count). The number of aliphatic hydroxyl groups is 2. The molecule has 6 heteroatoms. The summed E-state index contributed by atoms with van der Waals surface area (Å²) in [5.74, 6) is 0. The molecule has 1 aromatic rings. The van der Waals surface area contributed by atoms with Crippen molar-refractivity contribution >= 4 is 0 Å². The second-order valence-corrected chi connectivity index (χ2v) is 5.36. The first-order chi connectivity index (χ1) is 9.26. The number of nitrogens with zero attached hydrogens (tertiary/aromatic N) is 1. The van der Waals surface area contributed by atoms with E-state index in [1.165, 1.54) is 6.07 Å². The zero-order chi connectivity index (χ0) is 15.0. The molecule has 1 aliphatic heterocycles. The molecule has 0 bridgehead atoms. The fourth-order valence-electron chi connectivity index (χ4n) is 2.61. The minimum Gasteiger partial charge on any atom is -0.392 e. The van der Waals surface area contributed by atoms with Crippen molar-refractivity contribution in [2.45, 2.75) is 31.2 Å². The molecule has 0 amide bonds. The van der Waals surface area contributed by atoms with Crippen LogP contribution in [0.5, 0.6) is 0 Å². The van der Waals surface area contributed by atoms with Gasteiger partial charge in [0.1, 0.15) is 0 Å². The summed E-state index contributed by atoms with van der Waals surface area (Å²) >= 11 is 0. The van der Waals surface area contributed by atoms with Gasteiger partial charge in [-0.25, -0.2) is 0 Å². The summed E-state index contributed by atoms with van der Waals surface area (Å²) in [7, 11) is 1.93. The third-order valence-electron chi connectivity index (χ3n) is 3.92. The Bertz CT molecular complexity index is 480. The molecule has 1 aromatic carbocycles. The number of hydrogen-bond donors (Lipinski definition) is 2. The monoisotopic (exact) mass is 289 g/mol. The maximum atomic E-state index is 12.7. The van der Waals surface area contributed by atoms with Crippen molar-refractivity contribution in [1.82, 2.24) is 4.90 Å². The van der Waals surface area contributed by atoms with Crippen LogP contribution in [0.3, 0.4) is 0 Å². The number of alkyl halides is 3. The van der Waals surface area contributed by atoms with Gasteiger partial charge in [0, 0.05) is 13.1 Å². The Labute approximate surface area is 115 Å². The number of rotatable bonds is 2. The lowest BCUT2D eigenvalue weighted by molar-refractivity contribution is -0.137. The molecule has 1 heterocycles. The van der Waals surface area contributed by atoms with E-state index in [4.69, 9.17) is 0 Å². The Hall–Kier alpha value is -1.11. The summed E-state index contributed by atoms with van der Waals surface area (Å²) < 4.78 is 38.0. The molecule has 20 heavy (non-hydrogen) atoms. The fraction of sp³-hybridized carbons (Fsp3) is 0.571.